The zero-order valence-corrected chi connectivity index (χ0v) is 17.8. The number of rotatable bonds is 7. The number of carbonyl (C=O) groups excluding carboxylic acids is 1. The van der Waals surface area contributed by atoms with Gasteiger partial charge in [0, 0.05) is 25.2 Å². The van der Waals surface area contributed by atoms with E-state index in [9.17, 15) is 9.90 Å². The molecule has 0 bridgehead atoms. The van der Waals surface area contributed by atoms with Gasteiger partial charge in [0.25, 0.3) is 5.91 Å². The van der Waals surface area contributed by atoms with Crippen molar-refractivity contribution in [3.63, 3.8) is 0 Å². The number of carbonyl (C=O) groups is 1. The monoisotopic (exact) mass is 407 g/mol. The maximum absolute atomic E-state index is 12.4. The second-order valence-corrected chi connectivity index (χ2v) is 8.15. The summed E-state index contributed by atoms with van der Waals surface area (Å²) in [6.07, 6.45) is 0.305. The molecular weight excluding hydrogens is 378 g/mol. The number of hydrogen-bond donors (Lipinski definition) is 2. The van der Waals surface area contributed by atoms with Crippen molar-refractivity contribution in [3.8, 4) is 11.4 Å². The molecule has 1 aromatic heterocycles. The van der Waals surface area contributed by atoms with Gasteiger partial charge in [0.05, 0.1) is 16.6 Å². The van der Waals surface area contributed by atoms with E-state index in [-0.39, 0.29) is 5.91 Å². The van der Waals surface area contributed by atoms with E-state index < -0.39 is 6.23 Å². The largest absolute Gasteiger partial charge is 0.374 e. The van der Waals surface area contributed by atoms with Gasteiger partial charge < -0.3 is 19.9 Å². The van der Waals surface area contributed by atoms with Crippen LogP contribution >= 0.6 is 0 Å². The van der Waals surface area contributed by atoms with Crippen LogP contribution in [0.1, 0.15) is 28.6 Å². The first kappa shape index (κ1) is 20.5. The van der Waals surface area contributed by atoms with E-state index in [0.717, 1.165) is 47.5 Å². The van der Waals surface area contributed by atoms with E-state index in [1.54, 1.807) is 0 Å². The Hall–Kier alpha value is -2.74. The first-order valence-corrected chi connectivity index (χ1v) is 10.4. The minimum atomic E-state index is -0.681. The topological polar surface area (TPSA) is 73.6 Å². The maximum atomic E-state index is 12.4. The van der Waals surface area contributed by atoms with Crippen LogP contribution < -0.4 is 5.32 Å². The van der Waals surface area contributed by atoms with Crippen molar-refractivity contribution in [2.75, 3.05) is 40.8 Å². The molecule has 0 radical (unpaired) electrons. The van der Waals surface area contributed by atoms with Crippen LogP contribution in [0, 0.1) is 0 Å². The Kier molecular flexibility index (Phi) is 5.85. The summed E-state index contributed by atoms with van der Waals surface area (Å²) in [6, 6.07) is 13.5. The highest BCUT2D eigenvalue weighted by atomic mass is 16.3. The zero-order chi connectivity index (χ0) is 21.3. The van der Waals surface area contributed by atoms with Crippen LogP contribution in [0.2, 0.25) is 0 Å². The molecule has 2 aromatic carbocycles. The summed E-state index contributed by atoms with van der Waals surface area (Å²) in [7, 11) is 6.05. The van der Waals surface area contributed by atoms with Gasteiger partial charge >= 0.3 is 0 Å². The van der Waals surface area contributed by atoms with Gasteiger partial charge in [0.2, 0.25) is 0 Å². The molecule has 1 unspecified atom stereocenters. The lowest BCUT2D eigenvalue weighted by molar-refractivity contribution is 0.0191. The molecule has 2 heterocycles. The fourth-order valence-electron chi connectivity index (χ4n) is 4.03. The van der Waals surface area contributed by atoms with Gasteiger partial charge in [0.15, 0.2) is 0 Å². The smallest absolute Gasteiger partial charge is 0.253 e. The predicted octanol–water partition coefficient (Wildman–Crippen LogP) is 2.32. The molecule has 158 valence electrons. The van der Waals surface area contributed by atoms with Crippen molar-refractivity contribution in [1.82, 2.24) is 24.7 Å². The number of imidazole rings is 1. The van der Waals surface area contributed by atoms with Crippen LogP contribution in [-0.2, 0) is 6.54 Å². The lowest BCUT2D eigenvalue weighted by atomic mass is 10.1. The highest BCUT2D eigenvalue weighted by Crippen LogP contribution is 2.30. The number of benzene rings is 2. The van der Waals surface area contributed by atoms with Crippen LogP contribution in [0.15, 0.2) is 42.5 Å². The van der Waals surface area contributed by atoms with Crippen LogP contribution in [0.5, 0.6) is 0 Å². The van der Waals surface area contributed by atoms with Crippen LogP contribution in [0.4, 0.5) is 0 Å². The first-order chi connectivity index (χ1) is 14.5. The molecule has 1 aliphatic rings. The molecule has 1 amide bonds. The van der Waals surface area contributed by atoms with Crippen molar-refractivity contribution in [2.24, 2.45) is 0 Å². The number of nitrogens with one attached hydrogen (secondary N) is 1. The van der Waals surface area contributed by atoms with Crippen LogP contribution in [0.3, 0.4) is 0 Å². The third kappa shape index (κ3) is 3.96. The number of hydrogen-bond acceptors (Lipinski definition) is 5. The lowest BCUT2D eigenvalue weighted by Gasteiger charge is -2.24. The predicted molar refractivity (Wildman–Crippen MR) is 118 cm³/mol. The van der Waals surface area contributed by atoms with Crippen molar-refractivity contribution >= 4 is 16.9 Å². The second kappa shape index (κ2) is 8.55. The fourth-order valence-corrected chi connectivity index (χ4v) is 4.03. The number of para-hydroxylation sites is 1. The maximum Gasteiger partial charge on any atom is 0.253 e. The Balaban J connectivity index is 1.66. The van der Waals surface area contributed by atoms with Gasteiger partial charge in [-0.3, -0.25) is 9.69 Å². The molecule has 0 saturated heterocycles. The summed E-state index contributed by atoms with van der Waals surface area (Å²) in [6.45, 7) is 3.00. The van der Waals surface area contributed by atoms with E-state index >= 15 is 0 Å². The van der Waals surface area contributed by atoms with E-state index in [1.165, 1.54) is 0 Å². The molecule has 1 atom stereocenters. The summed E-state index contributed by atoms with van der Waals surface area (Å²) in [5.41, 5.74) is 4.11. The Morgan fingerprint density at radius 1 is 1.17 bits per heavy atom. The molecule has 7 heteroatoms. The van der Waals surface area contributed by atoms with E-state index in [4.69, 9.17) is 4.98 Å². The molecule has 0 saturated carbocycles. The molecule has 1 aliphatic heterocycles. The average molecular weight is 408 g/mol. The summed E-state index contributed by atoms with van der Waals surface area (Å²) in [5, 5.41) is 13.8. The summed E-state index contributed by atoms with van der Waals surface area (Å²) in [5.74, 6) is 0.757. The Bertz CT molecular complexity index is 1060. The quantitative estimate of drug-likeness (QED) is 0.588. The van der Waals surface area contributed by atoms with Crippen molar-refractivity contribution in [3.05, 3.63) is 53.6 Å². The van der Waals surface area contributed by atoms with E-state index in [2.05, 4.69) is 28.9 Å². The molecule has 2 N–H and O–H groups in total. The lowest BCUT2D eigenvalue weighted by Crippen LogP contribution is -2.27. The third-order valence-electron chi connectivity index (χ3n) is 5.61. The number of aliphatic hydroxyl groups is 1. The van der Waals surface area contributed by atoms with Gasteiger partial charge in [-0.05, 0) is 57.9 Å². The first-order valence-electron chi connectivity index (χ1n) is 10.4. The Labute approximate surface area is 176 Å². The highest BCUT2D eigenvalue weighted by Gasteiger charge is 2.22. The molecule has 0 spiro atoms. The van der Waals surface area contributed by atoms with Crippen molar-refractivity contribution in [1.29, 1.82) is 0 Å². The minimum absolute atomic E-state index is 0.0608. The molecule has 3 aromatic rings. The Morgan fingerprint density at radius 3 is 2.77 bits per heavy atom. The van der Waals surface area contributed by atoms with Gasteiger partial charge in [-0.15, -0.1) is 0 Å². The zero-order valence-electron chi connectivity index (χ0n) is 17.8. The van der Waals surface area contributed by atoms with E-state index in [0.29, 0.717) is 18.7 Å². The van der Waals surface area contributed by atoms with Crippen LogP contribution in [-0.4, -0.2) is 71.1 Å². The molecule has 0 aliphatic carbocycles. The molecule has 0 fully saturated rings. The van der Waals surface area contributed by atoms with Crippen molar-refractivity contribution < 1.29 is 9.90 Å². The number of nitrogens with zero attached hydrogens (tertiary/aromatic N) is 4. The van der Waals surface area contributed by atoms with Gasteiger partial charge in [0.1, 0.15) is 12.1 Å². The second-order valence-electron chi connectivity index (χ2n) is 8.15. The summed E-state index contributed by atoms with van der Waals surface area (Å²) in [4.78, 5) is 21.3. The molecule has 30 heavy (non-hydrogen) atoms. The highest BCUT2D eigenvalue weighted by molar-refractivity contribution is 6.06. The number of amides is 1. The molecule has 4 rings (SSSR count). The summed E-state index contributed by atoms with van der Waals surface area (Å²) >= 11 is 0. The minimum Gasteiger partial charge on any atom is -0.374 e. The fraction of sp³-hybridized carbons (Fsp3) is 0.391. The number of aromatic nitrogens is 2. The normalized spacial score (nSPS) is 14.9. The number of aliphatic hydroxyl groups excluding tert-OH is 1. The van der Waals surface area contributed by atoms with Crippen molar-refractivity contribution in [2.45, 2.75) is 19.2 Å². The third-order valence-corrected chi connectivity index (χ3v) is 5.61. The van der Waals surface area contributed by atoms with Gasteiger partial charge in [-0.25, -0.2) is 4.98 Å². The SMILES string of the molecule is CN(C)CCCN(C)C(O)c1cccc(-c2nc3cccc4c3n2CCNC4=O)c1. The van der Waals surface area contributed by atoms with Gasteiger partial charge in [-0.2, -0.15) is 0 Å². The Morgan fingerprint density at radius 2 is 1.97 bits per heavy atom. The van der Waals surface area contributed by atoms with Gasteiger partial charge in [-0.1, -0.05) is 24.3 Å². The van der Waals surface area contributed by atoms with Crippen LogP contribution in [0.25, 0.3) is 22.4 Å². The van der Waals surface area contributed by atoms with E-state index in [1.807, 2.05) is 54.4 Å². The molecule has 7 nitrogen and oxygen atoms in total. The average Bonchev–Trinajstić information content (AvgIpc) is 3.02. The summed E-state index contributed by atoms with van der Waals surface area (Å²) < 4.78 is 2.11. The molecular formula is C23H29N5O2. The standard InChI is InChI=1S/C23H29N5O2/c1-26(2)12-6-13-27(3)23(30)17-8-4-7-16(15-17)21-25-19-10-5-9-18-20(19)28(21)14-11-24-22(18)29/h4-5,7-10,15,23,30H,6,11-14H2,1-3H3,(H,24,29).